The molecule has 1 aromatic heterocycles. The number of piperidine rings is 1. The summed E-state index contributed by atoms with van der Waals surface area (Å²) in [6.07, 6.45) is 6.82. The standard InChI is InChI=1S/C13H24N4O/c1-2-11-4-3-5-16(7-11)9-13(18)10-17-8-12(14)6-15-17/h6,8,11,13,18H,2-5,7,9-10,14H2,1H3. The van der Waals surface area contributed by atoms with Crippen LogP contribution in [0.2, 0.25) is 0 Å². The van der Waals surface area contributed by atoms with Gasteiger partial charge >= 0.3 is 0 Å². The lowest BCUT2D eigenvalue weighted by Crippen LogP contribution is -2.41. The molecule has 2 atom stereocenters. The maximum atomic E-state index is 10.1. The van der Waals surface area contributed by atoms with Crippen molar-refractivity contribution in [1.29, 1.82) is 0 Å². The van der Waals surface area contributed by atoms with Gasteiger partial charge in [-0.2, -0.15) is 5.10 Å². The van der Waals surface area contributed by atoms with E-state index in [0.717, 1.165) is 25.6 Å². The Hall–Kier alpha value is -1.07. The summed E-state index contributed by atoms with van der Waals surface area (Å²) < 4.78 is 1.71. The van der Waals surface area contributed by atoms with Crippen LogP contribution in [0.3, 0.4) is 0 Å². The van der Waals surface area contributed by atoms with E-state index in [1.165, 1.54) is 19.3 Å². The van der Waals surface area contributed by atoms with Gasteiger partial charge in [-0.15, -0.1) is 0 Å². The summed E-state index contributed by atoms with van der Waals surface area (Å²) >= 11 is 0. The Bertz CT molecular complexity index is 366. The number of nitrogen functional groups attached to an aromatic ring is 1. The smallest absolute Gasteiger partial charge is 0.0862 e. The third-order valence-electron chi connectivity index (χ3n) is 3.70. The zero-order chi connectivity index (χ0) is 13.0. The molecule has 1 aliphatic rings. The number of nitrogens with two attached hydrogens (primary N) is 1. The second-order valence-electron chi connectivity index (χ2n) is 5.33. The number of hydrogen-bond donors (Lipinski definition) is 2. The zero-order valence-corrected chi connectivity index (χ0v) is 11.1. The number of aliphatic hydroxyl groups excluding tert-OH is 1. The molecule has 1 fully saturated rings. The molecule has 0 aliphatic carbocycles. The molecule has 5 nitrogen and oxygen atoms in total. The van der Waals surface area contributed by atoms with Crippen molar-refractivity contribution in [2.75, 3.05) is 25.4 Å². The van der Waals surface area contributed by atoms with Crippen LogP contribution >= 0.6 is 0 Å². The molecule has 3 N–H and O–H groups in total. The molecule has 5 heteroatoms. The van der Waals surface area contributed by atoms with E-state index in [1.807, 2.05) is 0 Å². The van der Waals surface area contributed by atoms with Crippen LogP contribution in [0, 0.1) is 5.92 Å². The first-order valence-electron chi connectivity index (χ1n) is 6.85. The number of anilines is 1. The van der Waals surface area contributed by atoms with Gasteiger partial charge in [0.2, 0.25) is 0 Å². The average Bonchev–Trinajstić information content (AvgIpc) is 2.74. The largest absolute Gasteiger partial charge is 0.396 e. The number of likely N-dealkylation sites (tertiary alicyclic amines) is 1. The van der Waals surface area contributed by atoms with Crippen LogP contribution in [-0.2, 0) is 6.54 Å². The summed E-state index contributed by atoms with van der Waals surface area (Å²) in [5.41, 5.74) is 6.24. The fraction of sp³-hybridized carbons (Fsp3) is 0.769. The monoisotopic (exact) mass is 252 g/mol. The molecule has 1 saturated heterocycles. The summed E-state index contributed by atoms with van der Waals surface area (Å²) in [7, 11) is 0. The van der Waals surface area contributed by atoms with E-state index < -0.39 is 0 Å². The Morgan fingerprint density at radius 2 is 2.39 bits per heavy atom. The molecular formula is C13H24N4O. The van der Waals surface area contributed by atoms with E-state index in [0.29, 0.717) is 12.2 Å². The molecule has 0 spiro atoms. The van der Waals surface area contributed by atoms with Crippen molar-refractivity contribution < 1.29 is 5.11 Å². The fourth-order valence-electron chi connectivity index (χ4n) is 2.70. The van der Waals surface area contributed by atoms with E-state index in [2.05, 4.69) is 16.9 Å². The van der Waals surface area contributed by atoms with E-state index >= 15 is 0 Å². The van der Waals surface area contributed by atoms with Crippen LogP contribution in [0.25, 0.3) is 0 Å². The highest BCUT2D eigenvalue weighted by molar-refractivity contribution is 5.30. The number of rotatable bonds is 5. The van der Waals surface area contributed by atoms with Crippen molar-refractivity contribution in [2.45, 2.75) is 38.8 Å². The highest BCUT2D eigenvalue weighted by Crippen LogP contribution is 2.19. The van der Waals surface area contributed by atoms with E-state index in [-0.39, 0.29) is 6.10 Å². The first-order chi connectivity index (χ1) is 8.67. The van der Waals surface area contributed by atoms with E-state index in [1.54, 1.807) is 17.1 Å². The van der Waals surface area contributed by atoms with Crippen LogP contribution in [0.5, 0.6) is 0 Å². The Balaban J connectivity index is 1.78. The second kappa shape index (κ2) is 6.20. The minimum Gasteiger partial charge on any atom is -0.396 e. The maximum absolute atomic E-state index is 10.1. The Morgan fingerprint density at radius 1 is 1.56 bits per heavy atom. The molecule has 1 aromatic rings. The number of nitrogens with zero attached hydrogens (tertiary/aromatic N) is 3. The molecule has 0 saturated carbocycles. The molecule has 18 heavy (non-hydrogen) atoms. The van der Waals surface area contributed by atoms with Crippen molar-refractivity contribution in [3.63, 3.8) is 0 Å². The predicted octanol–water partition coefficient (Wildman–Crippen LogP) is 0.948. The molecule has 2 rings (SSSR count). The van der Waals surface area contributed by atoms with Crippen molar-refractivity contribution in [1.82, 2.24) is 14.7 Å². The third-order valence-corrected chi connectivity index (χ3v) is 3.70. The molecule has 0 amide bonds. The van der Waals surface area contributed by atoms with Gasteiger partial charge in [-0.3, -0.25) is 4.68 Å². The topological polar surface area (TPSA) is 67.3 Å². The molecule has 0 bridgehead atoms. The Morgan fingerprint density at radius 3 is 3.06 bits per heavy atom. The third kappa shape index (κ3) is 3.71. The first-order valence-corrected chi connectivity index (χ1v) is 6.85. The van der Waals surface area contributed by atoms with E-state index in [4.69, 9.17) is 5.73 Å². The SMILES string of the molecule is CCC1CCCN(CC(O)Cn2cc(N)cn2)C1. The molecule has 1 aliphatic heterocycles. The molecule has 102 valence electrons. The minimum absolute atomic E-state index is 0.375. The zero-order valence-electron chi connectivity index (χ0n) is 11.1. The molecule has 0 aromatic carbocycles. The summed E-state index contributed by atoms with van der Waals surface area (Å²) in [5.74, 6) is 0.797. The van der Waals surface area contributed by atoms with Crippen LogP contribution < -0.4 is 5.73 Å². The van der Waals surface area contributed by atoms with Crippen molar-refractivity contribution >= 4 is 5.69 Å². The maximum Gasteiger partial charge on any atom is 0.0862 e. The number of β-amino-alcohol motifs (C(OH)–C–C–N with tert-alkyl or cyclic N) is 1. The summed E-state index contributed by atoms with van der Waals surface area (Å²) in [6, 6.07) is 0. The quantitative estimate of drug-likeness (QED) is 0.818. The minimum atomic E-state index is -0.375. The Labute approximate surface area is 109 Å². The van der Waals surface area contributed by atoms with Gasteiger partial charge in [0.15, 0.2) is 0 Å². The average molecular weight is 252 g/mol. The number of aromatic nitrogens is 2. The molecule has 2 unspecified atom stereocenters. The van der Waals surface area contributed by atoms with Gasteiger partial charge in [-0.25, -0.2) is 0 Å². The summed E-state index contributed by atoms with van der Waals surface area (Å²) in [6.45, 7) is 5.72. The van der Waals surface area contributed by atoms with Gasteiger partial charge in [0.05, 0.1) is 24.5 Å². The van der Waals surface area contributed by atoms with Crippen molar-refractivity contribution in [2.24, 2.45) is 5.92 Å². The lowest BCUT2D eigenvalue weighted by atomic mass is 9.95. The summed E-state index contributed by atoms with van der Waals surface area (Å²) in [4.78, 5) is 2.37. The van der Waals surface area contributed by atoms with Gasteiger partial charge in [0, 0.05) is 19.3 Å². The molecular weight excluding hydrogens is 228 g/mol. The first kappa shape index (κ1) is 13.4. The highest BCUT2D eigenvalue weighted by Gasteiger charge is 2.20. The highest BCUT2D eigenvalue weighted by atomic mass is 16.3. The van der Waals surface area contributed by atoms with Crippen LogP contribution in [0.1, 0.15) is 26.2 Å². The van der Waals surface area contributed by atoms with Gasteiger partial charge in [0.1, 0.15) is 0 Å². The van der Waals surface area contributed by atoms with Crippen LogP contribution in [-0.4, -0.2) is 45.5 Å². The lowest BCUT2D eigenvalue weighted by molar-refractivity contribution is 0.0711. The number of hydrogen-bond acceptors (Lipinski definition) is 4. The van der Waals surface area contributed by atoms with Gasteiger partial charge in [-0.05, 0) is 25.3 Å². The Kier molecular flexibility index (Phi) is 4.60. The second-order valence-corrected chi connectivity index (χ2v) is 5.33. The van der Waals surface area contributed by atoms with Gasteiger partial charge in [-0.1, -0.05) is 13.3 Å². The van der Waals surface area contributed by atoms with Crippen molar-refractivity contribution in [3.05, 3.63) is 12.4 Å². The number of aliphatic hydroxyl groups is 1. The normalized spacial score (nSPS) is 23.1. The van der Waals surface area contributed by atoms with Gasteiger partial charge in [0.25, 0.3) is 0 Å². The summed E-state index contributed by atoms with van der Waals surface area (Å²) in [5, 5.41) is 14.2. The van der Waals surface area contributed by atoms with Crippen LogP contribution in [0.4, 0.5) is 5.69 Å². The van der Waals surface area contributed by atoms with E-state index in [9.17, 15) is 5.11 Å². The van der Waals surface area contributed by atoms with Crippen LogP contribution in [0.15, 0.2) is 12.4 Å². The molecule has 2 heterocycles. The van der Waals surface area contributed by atoms with Gasteiger partial charge < -0.3 is 15.7 Å². The molecule has 0 radical (unpaired) electrons. The lowest BCUT2D eigenvalue weighted by Gasteiger charge is -2.33. The fourth-order valence-corrected chi connectivity index (χ4v) is 2.70. The van der Waals surface area contributed by atoms with Crippen molar-refractivity contribution in [3.8, 4) is 0 Å². The predicted molar refractivity (Wildman–Crippen MR) is 72.1 cm³/mol.